The predicted octanol–water partition coefficient (Wildman–Crippen LogP) is 1.26. The number of aliphatic hydroxyl groups excluding tert-OH is 1. The molecule has 0 bridgehead atoms. The lowest BCUT2D eigenvalue weighted by molar-refractivity contribution is 0.0214. The van der Waals surface area contributed by atoms with Gasteiger partial charge in [0.15, 0.2) is 0 Å². The molecule has 0 heterocycles. The summed E-state index contributed by atoms with van der Waals surface area (Å²) in [6.07, 6.45) is 0. The predicted molar refractivity (Wildman–Crippen MR) is 71.5 cm³/mol. The van der Waals surface area contributed by atoms with Gasteiger partial charge in [-0.05, 0) is 18.2 Å². The van der Waals surface area contributed by atoms with E-state index in [0.29, 0.717) is 0 Å². The summed E-state index contributed by atoms with van der Waals surface area (Å²) >= 11 is 0. The van der Waals surface area contributed by atoms with Crippen molar-refractivity contribution in [3.05, 3.63) is 34.9 Å². The Morgan fingerprint density at radius 3 is 2.19 bits per heavy atom. The molecule has 0 saturated heterocycles. The number of hydrogen-bond donors (Lipinski definition) is 3. The first kappa shape index (κ1) is 16.6. The second-order valence-corrected chi connectivity index (χ2v) is 5.27. The van der Waals surface area contributed by atoms with Crippen LogP contribution in [0.15, 0.2) is 18.2 Å². The van der Waals surface area contributed by atoms with E-state index >= 15 is 0 Å². The van der Waals surface area contributed by atoms with Crippen LogP contribution in [0.1, 0.15) is 44.9 Å². The lowest BCUT2D eigenvalue weighted by Crippen LogP contribution is -2.26. The molecule has 0 unspecified atom stereocenters. The van der Waals surface area contributed by atoms with Gasteiger partial charge < -0.3 is 20.1 Å². The Morgan fingerprint density at radius 2 is 1.71 bits per heavy atom. The summed E-state index contributed by atoms with van der Waals surface area (Å²) in [5.74, 6) is -3.60. The Balaban J connectivity index is 3.04. The number of carbonyl (C=O) groups is 3. The van der Waals surface area contributed by atoms with Gasteiger partial charge in [-0.3, -0.25) is 0 Å². The molecule has 3 N–H and O–H groups in total. The van der Waals surface area contributed by atoms with Gasteiger partial charge in [-0.2, -0.15) is 0 Å². The van der Waals surface area contributed by atoms with Gasteiger partial charge in [-0.15, -0.1) is 0 Å². The number of benzene rings is 1. The highest BCUT2D eigenvalue weighted by Gasteiger charge is 2.23. The van der Waals surface area contributed by atoms with Gasteiger partial charge in [-0.25, -0.2) is 14.4 Å². The highest BCUT2D eigenvalue weighted by molar-refractivity contribution is 6.04. The van der Waals surface area contributed by atoms with Crippen LogP contribution in [0.25, 0.3) is 0 Å². The van der Waals surface area contributed by atoms with Crippen LogP contribution in [0.4, 0.5) is 0 Å². The third kappa shape index (κ3) is 4.28. The van der Waals surface area contributed by atoms with E-state index in [1.54, 1.807) is 13.8 Å². The number of aromatic carboxylic acids is 2. The summed E-state index contributed by atoms with van der Waals surface area (Å²) in [5.41, 5.74) is -1.57. The van der Waals surface area contributed by atoms with Crippen LogP contribution in [0.5, 0.6) is 0 Å². The monoisotopic (exact) mass is 296 g/mol. The van der Waals surface area contributed by atoms with E-state index in [1.165, 1.54) is 0 Å². The van der Waals surface area contributed by atoms with E-state index in [1.807, 2.05) is 0 Å². The van der Waals surface area contributed by atoms with Crippen LogP contribution in [0.3, 0.4) is 0 Å². The van der Waals surface area contributed by atoms with Crippen molar-refractivity contribution < 1.29 is 34.4 Å². The molecule has 0 aliphatic rings. The molecule has 7 heteroatoms. The van der Waals surface area contributed by atoms with Crippen molar-refractivity contribution in [3.63, 3.8) is 0 Å². The highest BCUT2D eigenvalue weighted by Crippen LogP contribution is 2.18. The maximum absolute atomic E-state index is 11.9. The maximum Gasteiger partial charge on any atom is 0.339 e. The zero-order valence-corrected chi connectivity index (χ0v) is 11.6. The fourth-order valence-corrected chi connectivity index (χ4v) is 1.42. The van der Waals surface area contributed by atoms with Gasteiger partial charge in [0.2, 0.25) is 0 Å². The molecule has 0 atom stereocenters. The molecule has 0 aromatic heterocycles. The second kappa shape index (κ2) is 6.36. The van der Waals surface area contributed by atoms with Gasteiger partial charge in [0.1, 0.15) is 0 Å². The molecule has 0 aliphatic carbocycles. The summed E-state index contributed by atoms with van der Waals surface area (Å²) in [6, 6.07) is 3.13. The van der Waals surface area contributed by atoms with Crippen LogP contribution < -0.4 is 0 Å². The molecule has 1 aromatic carbocycles. The minimum absolute atomic E-state index is 0.0952. The second-order valence-electron chi connectivity index (χ2n) is 5.27. The number of rotatable bonds is 6. The Hall–Kier alpha value is -2.41. The highest BCUT2D eigenvalue weighted by atomic mass is 16.5. The quantitative estimate of drug-likeness (QED) is 0.675. The molecule has 114 valence electrons. The van der Waals surface area contributed by atoms with E-state index in [9.17, 15) is 14.4 Å². The molecule has 0 radical (unpaired) electrons. The van der Waals surface area contributed by atoms with Crippen molar-refractivity contribution in [3.8, 4) is 0 Å². The first-order valence-electron chi connectivity index (χ1n) is 6.06. The van der Waals surface area contributed by atoms with Gasteiger partial charge >= 0.3 is 17.9 Å². The first-order valence-corrected chi connectivity index (χ1v) is 6.06. The number of carboxylic acids is 2. The molecule has 21 heavy (non-hydrogen) atoms. The van der Waals surface area contributed by atoms with Crippen molar-refractivity contribution in [1.82, 2.24) is 0 Å². The number of carbonyl (C=O) groups excluding carboxylic acids is 1. The summed E-state index contributed by atoms with van der Waals surface area (Å²) in [7, 11) is 0. The molecule has 0 saturated carbocycles. The SMILES string of the molecule is CC(C)(CO)COC(=O)c1ccc(C(=O)O)cc1C(=O)O. The van der Waals surface area contributed by atoms with Gasteiger partial charge in [0.25, 0.3) is 0 Å². The number of hydrogen-bond acceptors (Lipinski definition) is 5. The molecule has 0 amide bonds. The number of esters is 1. The first-order chi connectivity index (χ1) is 9.68. The molecule has 0 fully saturated rings. The standard InChI is InChI=1S/C14H16O7/c1-14(2,6-15)7-21-13(20)9-4-3-8(11(16)17)5-10(9)12(18)19/h3-5,15H,6-7H2,1-2H3,(H,16,17)(H,18,19). The Labute approximate surface area is 120 Å². The Kier molecular flexibility index (Phi) is 5.04. The number of ether oxygens (including phenoxy) is 1. The summed E-state index contributed by atoms with van der Waals surface area (Å²) in [4.78, 5) is 33.8. The lowest BCUT2D eigenvalue weighted by Gasteiger charge is -2.21. The summed E-state index contributed by atoms with van der Waals surface area (Å²) < 4.78 is 4.97. The average molecular weight is 296 g/mol. The van der Waals surface area contributed by atoms with E-state index in [0.717, 1.165) is 18.2 Å². The maximum atomic E-state index is 11.9. The molecule has 0 aliphatic heterocycles. The van der Waals surface area contributed by atoms with Crippen LogP contribution in [0.2, 0.25) is 0 Å². The van der Waals surface area contributed by atoms with Gasteiger partial charge in [0.05, 0.1) is 29.9 Å². The van der Waals surface area contributed by atoms with Crippen molar-refractivity contribution in [2.24, 2.45) is 5.41 Å². The average Bonchev–Trinajstić information content (AvgIpc) is 2.44. The van der Waals surface area contributed by atoms with Crippen LogP contribution in [-0.4, -0.2) is 46.4 Å². The smallest absolute Gasteiger partial charge is 0.339 e. The number of aliphatic hydroxyl groups is 1. The van der Waals surface area contributed by atoms with Crippen molar-refractivity contribution in [1.29, 1.82) is 0 Å². The summed E-state index contributed by atoms with van der Waals surface area (Å²) in [5, 5.41) is 26.9. The molecule has 1 aromatic rings. The van der Waals surface area contributed by atoms with E-state index < -0.39 is 28.9 Å². The Morgan fingerprint density at radius 1 is 1.10 bits per heavy atom. The van der Waals surface area contributed by atoms with Crippen LogP contribution in [0, 0.1) is 5.41 Å². The zero-order valence-electron chi connectivity index (χ0n) is 11.6. The Bertz CT molecular complexity index is 575. The van der Waals surface area contributed by atoms with Gasteiger partial charge in [0, 0.05) is 5.41 Å². The van der Waals surface area contributed by atoms with Gasteiger partial charge in [-0.1, -0.05) is 13.8 Å². The zero-order chi connectivity index (χ0) is 16.2. The third-order valence-corrected chi connectivity index (χ3v) is 2.74. The fourth-order valence-electron chi connectivity index (χ4n) is 1.42. The minimum Gasteiger partial charge on any atom is -0.478 e. The largest absolute Gasteiger partial charge is 0.478 e. The van der Waals surface area contributed by atoms with Crippen molar-refractivity contribution in [2.45, 2.75) is 13.8 Å². The fraction of sp³-hybridized carbons (Fsp3) is 0.357. The lowest BCUT2D eigenvalue weighted by atomic mass is 9.96. The van der Waals surface area contributed by atoms with Crippen LogP contribution >= 0.6 is 0 Å². The molecular formula is C14H16O7. The van der Waals surface area contributed by atoms with Crippen LogP contribution in [-0.2, 0) is 4.74 Å². The number of carboxylic acid groups (broad SMARTS) is 2. The van der Waals surface area contributed by atoms with Crippen molar-refractivity contribution in [2.75, 3.05) is 13.2 Å². The third-order valence-electron chi connectivity index (χ3n) is 2.74. The topological polar surface area (TPSA) is 121 Å². The molecule has 0 spiro atoms. The van der Waals surface area contributed by atoms with E-state index in [2.05, 4.69) is 0 Å². The van der Waals surface area contributed by atoms with E-state index in [4.69, 9.17) is 20.1 Å². The van der Waals surface area contributed by atoms with Crippen molar-refractivity contribution >= 4 is 17.9 Å². The minimum atomic E-state index is -1.42. The summed E-state index contributed by atoms with van der Waals surface area (Å²) in [6.45, 7) is 3.05. The normalized spacial score (nSPS) is 11.0. The molecule has 7 nitrogen and oxygen atoms in total. The van der Waals surface area contributed by atoms with E-state index in [-0.39, 0.29) is 24.3 Å². The molecule has 1 rings (SSSR count). The molecular weight excluding hydrogens is 280 g/mol.